The van der Waals surface area contributed by atoms with Gasteiger partial charge in [-0.25, -0.2) is 0 Å². The molecule has 3 fully saturated rings. The van der Waals surface area contributed by atoms with Gasteiger partial charge in [0.25, 0.3) is 0 Å². The van der Waals surface area contributed by atoms with Crippen LogP contribution in [0.1, 0.15) is 205 Å². The van der Waals surface area contributed by atoms with Crippen LogP contribution in [0.4, 0.5) is 0 Å². The highest BCUT2D eigenvalue weighted by molar-refractivity contribution is 4.95. The summed E-state index contributed by atoms with van der Waals surface area (Å²) in [5.74, 6) is 5.58. The predicted molar refractivity (Wildman–Crippen MR) is 301 cm³/mol. The van der Waals surface area contributed by atoms with E-state index in [1.165, 1.54) is 110 Å². The number of ether oxygens (including phenoxy) is 8. The molecule has 0 aromatic carbocycles. The highest BCUT2D eigenvalue weighted by Gasteiger charge is 2.52. The topological polar surface area (TPSA) is 256 Å². The Hall–Kier alpha value is -0.680. The molecular weight excluding hydrogens is 1000 g/mol. The van der Waals surface area contributed by atoms with Crippen LogP contribution in [-0.4, -0.2) is 184 Å². The lowest BCUT2D eigenvalue weighted by Crippen LogP contribution is -2.65. The minimum atomic E-state index is -1.86. The molecule has 9 N–H and O–H groups in total. The second-order valence-electron chi connectivity index (χ2n) is 25.8. The van der Waals surface area contributed by atoms with Crippen LogP contribution in [0.2, 0.25) is 0 Å². The monoisotopic (exact) mass is 1120 g/mol. The van der Waals surface area contributed by atoms with Gasteiger partial charge in [-0.15, -0.1) is 0 Å². The lowest BCUT2D eigenvalue weighted by molar-refractivity contribution is -0.365. The largest absolute Gasteiger partial charge is 0.394 e. The zero-order chi connectivity index (χ0) is 57.9. The molecule has 3 aliphatic heterocycles. The fraction of sp³-hybridized carbons (Fsp3) is 1.00. The fourth-order valence-electron chi connectivity index (χ4n) is 11.2. The van der Waals surface area contributed by atoms with E-state index in [-0.39, 0.29) is 13.2 Å². The van der Waals surface area contributed by atoms with Gasteiger partial charge in [-0.1, -0.05) is 185 Å². The Bertz CT molecular complexity index is 1480. The van der Waals surface area contributed by atoms with Gasteiger partial charge in [-0.2, -0.15) is 0 Å². The Balaban J connectivity index is 1.52. The number of aliphatic hydroxyl groups is 9. The van der Waals surface area contributed by atoms with Crippen LogP contribution in [0.3, 0.4) is 0 Å². The summed E-state index contributed by atoms with van der Waals surface area (Å²) in [7, 11) is 0. The lowest BCUT2D eigenvalue weighted by Gasteiger charge is -2.46. The Morgan fingerprint density at radius 2 is 0.782 bits per heavy atom. The van der Waals surface area contributed by atoms with Crippen LogP contribution < -0.4 is 0 Å². The van der Waals surface area contributed by atoms with Crippen molar-refractivity contribution < 1.29 is 83.9 Å². The van der Waals surface area contributed by atoms with Gasteiger partial charge in [0.1, 0.15) is 73.2 Å². The zero-order valence-electron chi connectivity index (χ0n) is 50.5. The zero-order valence-corrected chi connectivity index (χ0v) is 50.5. The first-order valence-electron chi connectivity index (χ1n) is 31.1. The van der Waals surface area contributed by atoms with E-state index in [2.05, 4.69) is 69.2 Å². The highest BCUT2D eigenvalue weighted by Crippen LogP contribution is 2.32. The van der Waals surface area contributed by atoms with Crippen LogP contribution in [0, 0.1) is 47.3 Å². The molecule has 3 rings (SSSR count). The van der Waals surface area contributed by atoms with E-state index in [1.54, 1.807) is 0 Å². The number of hydrogen-bond acceptors (Lipinski definition) is 17. The highest BCUT2D eigenvalue weighted by atomic mass is 16.8. The predicted octanol–water partition coefficient (Wildman–Crippen LogP) is 7.81. The van der Waals surface area contributed by atoms with Gasteiger partial charge in [-0.05, 0) is 67.1 Å². The molecule has 0 aromatic rings. The molecule has 13 unspecified atom stereocenters. The quantitative estimate of drug-likeness (QED) is 0.0264. The normalized spacial score (nSPS) is 32.8. The molecule has 0 radical (unpaired) electrons. The molecule has 3 aliphatic rings. The maximum atomic E-state index is 11.4. The van der Waals surface area contributed by atoms with Gasteiger partial charge in [0, 0.05) is 13.2 Å². The van der Waals surface area contributed by atoms with Gasteiger partial charge in [0.05, 0.1) is 32.5 Å². The maximum Gasteiger partial charge on any atom is 0.187 e. The fourth-order valence-corrected chi connectivity index (χ4v) is 11.2. The summed E-state index contributed by atoms with van der Waals surface area (Å²) in [6.07, 6.45) is 1.01. The van der Waals surface area contributed by atoms with E-state index >= 15 is 0 Å². The third-order valence-corrected chi connectivity index (χ3v) is 17.0. The van der Waals surface area contributed by atoms with E-state index in [1.807, 2.05) is 0 Å². The SMILES string of the molecule is CC(C)CCCC(C)CCCC(C)CCCC(C)CCOCC(CO[C@@H]1OC(CO)[C@@H](O[C@@H]2OC(CO[C@@H]3OC(C)[C@H](O)C(O)[C@@H]3O)[C@H](O)C(O)[C@@H]2O)C(O)[C@@H]1O)OCCC(C)CCCC(C)CCCC(C)CCCC(C)C. The van der Waals surface area contributed by atoms with Crippen LogP contribution in [0.25, 0.3) is 0 Å². The molecule has 0 aliphatic carbocycles. The van der Waals surface area contributed by atoms with Crippen molar-refractivity contribution in [2.24, 2.45) is 47.3 Å². The number of aliphatic hydroxyl groups excluding tert-OH is 9. The Morgan fingerprint density at radius 3 is 1.26 bits per heavy atom. The van der Waals surface area contributed by atoms with E-state index in [4.69, 9.17) is 37.9 Å². The molecule has 0 amide bonds. The van der Waals surface area contributed by atoms with E-state index < -0.39 is 111 Å². The molecule has 3 heterocycles. The Labute approximate surface area is 472 Å². The minimum absolute atomic E-state index is 0.0467. The van der Waals surface area contributed by atoms with Crippen molar-refractivity contribution in [2.45, 2.75) is 303 Å². The molecule has 0 spiro atoms. The van der Waals surface area contributed by atoms with E-state index in [9.17, 15) is 46.0 Å². The van der Waals surface area contributed by atoms with Crippen molar-refractivity contribution >= 4 is 0 Å². The lowest BCUT2D eigenvalue weighted by atomic mass is 9.91. The molecule has 464 valence electrons. The molecule has 0 bridgehead atoms. The molecule has 17 heteroatoms. The number of hydrogen-bond donors (Lipinski definition) is 9. The smallest absolute Gasteiger partial charge is 0.187 e. The third kappa shape index (κ3) is 26.9. The first kappa shape index (κ1) is 71.6. The number of rotatable bonds is 42. The first-order chi connectivity index (χ1) is 37.0. The van der Waals surface area contributed by atoms with Gasteiger partial charge in [0.15, 0.2) is 18.9 Å². The van der Waals surface area contributed by atoms with Crippen molar-refractivity contribution in [1.82, 2.24) is 0 Å². The summed E-state index contributed by atoms with van der Waals surface area (Å²) in [5.41, 5.74) is 0. The average Bonchev–Trinajstić information content (AvgIpc) is 3.42. The summed E-state index contributed by atoms with van der Waals surface area (Å²) in [4.78, 5) is 0. The summed E-state index contributed by atoms with van der Waals surface area (Å²) < 4.78 is 47.4. The second kappa shape index (κ2) is 39.0. The van der Waals surface area contributed by atoms with Gasteiger partial charge >= 0.3 is 0 Å². The van der Waals surface area contributed by atoms with Crippen LogP contribution >= 0.6 is 0 Å². The average molecular weight is 1120 g/mol. The standard InChI is InChI=1S/C61H118O17/c1-38(2)18-12-20-40(5)22-14-24-42(7)26-16-28-44(9)30-32-71-35-47(72-33-31-45(10)29-17-27-43(8)25-15-23-41(6)21-13-19-39(3)4)36-73-60-57(70)54(67)58(48(34-62)76-60)78-61-56(69)53(66)51(64)49(77-61)37-74-59-55(68)52(65)50(63)46(11)75-59/h38-70H,12-37H2,1-11H3/t40?,41?,42?,43?,44?,45?,46?,47?,48?,49?,50-,51-,52?,53?,54?,55-,56-,57-,58+,59+,60+,61-/m0/s1. The van der Waals surface area contributed by atoms with Gasteiger partial charge in [0.2, 0.25) is 0 Å². The molecular formula is C61H118O17. The third-order valence-electron chi connectivity index (χ3n) is 17.0. The van der Waals surface area contributed by atoms with Crippen molar-refractivity contribution in [1.29, 1.82) is 0 Å². The molecule has 0 saturated carbocycles. The van der Waals surface area contributed by atoms with Crippen molar-refractivity contribution in [3.8, 4) is 0 Å². The van der Waals surface area contributed by atoms with Gasteiger partial charge < -0.3 is 83.9 Å². The minimum Gasteiger partial charge on any atom is -0.394 e. The molecule has 17 nitrogen and oxygen atoms in total. The molecule has 0 aromatic heterocycles. The van der Waals surface area contributed by atoms with E-state index in [0.717, 1.165) is 55.3 Å². The summed E-state index contributed by atoms with van der Waals surface area (Å²) in [6.45, 7) is 24.8. The second-order valence-corrected chi connectivity index (χ2v) is 25.8. The first-order valence-corrected chi connectivity index (χ1v) is 31.1. The van der Waals surface area contributed by atoms with Crippen LogP contribution in [0.15, 0.2) is 0 Å². The maximum absolute atomic E-state index is 11.4. The van der Waals surface area contributed by atoms with Gasteiger partial charge in [-0.3, -0.25) is 0 Å². The molecule has 78 heavy (non-hydrogen) atoms. The summed E-state index contributed by atoms with van der Waals surface area (Å²) >= 11 is 0. The molecule has 22 atom stereocenters. The summed E-state index contributed by atoms with van der Waals surface area (Å²) in [5, 5.41) is 96.2. The summed E-state index contributed by atoms with van der Waals surface area (Å²) in [6, 6.07) is 0. The van der Waals surface area contributed by atoms with Crippen LogP contribution in [0.5, 0.6) is 0 Å². The van der Waals surface area contributed by atoms with E-state index in [0.29, 0.717) is 31.0 Å². The van der Waals surface area contributed by atoms with Crippen molar-refractivity contribution in [3.05, 3.63) is 0 Å². The van der Waals surface area contributed by atoms with Crippen molar-refractivity contribution in [2.75, 3.05) is 39.6 Å². The Morgan fingerprint density at radius 1 is 0.385 bits per heavy atom. The Kier molecular flexibility index (Phi) is 35.8. The van der Waals surface area contributed by atoms with Crippen molar-refractivity contribution in [3.63, 3.8) is 0 Å². The van der Waals surface area contributed by atoms with Crippen LogP contribution in [-0.2, 0) is 37.9 Å². The molecule has 3 saturated heterocycles.